The maximum atomic E-state index is 9.02. The Morgan fingerprint density at radius 2 is 2.31 bits per heavy atom. The van der Waals surface area contributed by atoms with Gasteiger partial charge < -0.3 is 15.5 Å². The van der Waals surface area contributed by atoms with Gasteiger partial charge >= 0.3 is 0 Å². The SMILES string of the molecule is OCC(O)CNc1cccc(Cl)n1. The van der Waals surface area contributed by atoms with Gasteiger partial charge in [0.2, 0.25) is 0 Å². The molecule has 5 heteroatoms. The lowest BCUT2D eigenvalue weighted by Gasteiger charge is -2.08. The molecule has 1 aromatic rings. The van der Waals surface area contributed by atoms with Crippen molar-refractivity contribution >= 4 is 17.4 Å². The molecular formula is C8H11ClN2O2. The first-order valence-corrected chi connectivity index (χ1v) is 4.25. The molecule has 0 bridgehead atoms. The highest BCUT2D eigenvalue weighted by atomic mass is 35.5. The first kappa shape index (κ1) is 10.2. The average molecular weight is 203 g/mol. The van der Waals surface area contributed by atoms with Crippen molar-refractivity contribution in [2.45, 2.75) is 6.10 Å². The summed E-state index contributed by atoms with van der Waals surface area (Å²) in [5.41, 5.74) is 0. The molecule has 1 atom stereocenters. The average Bonchev–Trinajstić information content (AvgIpc) is 2.14. The van der Waals surface area contributed by atoms with Gasteiger partial charge in [-0.15, -0.1) is 0 Å². The van der Waals surface area contributed by atoms with Crippen molar-refractivity contribution in [3.8, 4) is 0 Å². The van der Waals surface area contributed by atoms with Crippen LogP contribution in [0.15, 0.2) is 18.2 Å². The number of aliphatic hydroxyl groups is 2. The van der Waals surface area contributed by atoms with Gasteiger partial charge in [0, 0.05) is 6.54 Å². The van der Waals surface area contributed by atoms with Crippen molar-refractivity contribution in [1.29, 1.82) is 0 Å². The Morgan fingerprint density at radius 3 is 2.92 bits per heavy atom. The van der Waals surface area contributed by atoms with Gasteiger partial charge in [-0.25, -0.2) is 4.98 Å². The van der Waals surface area contributed by atoms with Crippen molar-refractivity contribution in [2.75, 3.05) is 18.5 Å². The van der Waals surface area contributed by atoms with Crippen LogP contribution in [0.4, 0.5) is 5.82 Å². The molecule has 0 spiro atoms. The van der Waals surface area contributed by atoms with Gasteiger partial charge in [-0.2, -0.15) is 0 Å². The Morgan fingerprint density at radius 1 is 1.54 bits per heavy atom. The second-order valence-electron chi connectivity index (χ2n) is 2.56. The van der Waals surface area contributed by atoms with E-state index in [1.165, 1.54) is 0 Å². The van der Waals surface area contributed by atoms with Gasteiger partial charge in [0.05, 0.1) is 12.7 Å². The zero-order chi connectivity index (χ0) is 9.68. The molecule has 0 aliphatic carbocycles. The Bertz CT molecular complexity index is 270. The minimum atomic E-state index is -0.777. The third kappa shape index (κ3) is 3.59. The van der Waals surface area contributed by atoms with Gasteiger partial charge in [-0.05, 0) is 12.1 Å². The zero-order valence-corrected chi connectivity index (χ0v) is 7.70. The van der Waals surface area contributed by atoms with Crippen LogP contribution >= 0.6 is 11.6 Å². The lowest BCUT2D eigenvalue weighted by Crippen LogP contribution is -2.23. The number of nitrogens with one attached hydrogen (secondary N) is 1. The van der Waals surface area contributed by atoms with Crippen LogP contribution in [0.1, 0.15) is 0 Å². The van der Waals surface area contributed by atoms with Crippen LogP contribution in [0.3, 0.4) is 0 Å². The van der Waals surface area contributed by atoms with E-state index in [4.69, 9.17) is 21.8 Å². The monoisotopic (exact) mass is 202 g/mol. The highest BCUT2D eigenvalue weighted by molar-refractivity contribution is 6.29. The lowest BCUT2D eigenvalue weighted by atomic mass is 10.3. The van der Waals surface area contributed by atoms with Crippen LogP contribution < -0.4 is 5.32 Å². The van der Waals surface area contributed by atoms with Crippen LogP contribution in [0.2, 0.25) is 5.15 Å². The fraction of sp³-hybridized carbons (Fsp3) is 0.375. The minimum absolute atomic E-state index is 0.254. The largest absolute Gasteiger partial charge is 0.394 e. The summed E-state index contributed by atoms with van der Waals surface area (Å²) in [6.45, 7) is -0.0165. The number of aliphatic hydroxyl groups excluding tert-OH is 2. The van der Waals surface area contributed by atoms with E-state index in [-0.39, 0.29) is 13.2 Å². The lowest BCUT2D eigenvalue weighted by molar-refractivity contribution is 0.105. The number of nitrogens with zero attached hydrogens (tertiary/aromatic N) is 1. The number of rotatable bonds is 4. The first-order chi connectivity index (χ1) is 6.22. The highest BCUT2D eigenvalue weighted by Crippen LogP contribution is 2.08. The fourth-order valence-electron chi connectivity index (χ4n) is 0.794. The molecule has 13 heavy (non-hydrogen) atoms. The molecule has 0 fully saturated rings. The van der Waals surface area contributed by atoms with Crippen LogP contribution in [0.5, 0.6) is 0 Å². The topological polar surface area (TPSA) is 65.4 Å². The van der Waals surface area contributed by atoms with E-state index in [2.05, 4.69) is 10.3 Å². The molecule has 0 saturated heterocycles. The van der Waals surface area contributed by atoms with Crippen molar-refractivity contribution in [3.63, 3.8) is 0 Å². The van der Waals surface area contributed by atoms with Gasteiger partial charge in [0.15, 0.2) is 0 Å². The molecule has 1 aromatic heterocycles. The van der Waals surface area contributed by atoms with Crippen LogP contribution in [0.25, 0.3) is 0 Å². The standard InChI is InChI=1S/C8H11ClN2O2/c9-7-2-1-3-8(11-7)10-4-6(13)5-12/h1-3,6,12-13H,4-5H2,(H,10,11). The normalized spacial score (nSPS) is 12.5. The van der Waals surface area contributed by atoms with Crippen molar-refractivity contribution in [3.05, 3.63) is 23.4 Å². The van der Waals surface area contributed by atoms with E-state index in [1.807, 2.05) is 0 Å². The summed E-state index contributed by atoms with van der Waals surface area (Å²) in [5.74, 6) is 0.583. The van der Waals surface area contributed by atoms with Gasteiger partial charge in [-0.1, -0.05) is 17.7 Å². The number of hydrogen-bond donors (Lipinski definition) is 3. The summed E-state index contributed by atoms with van der Waals surface area (Å²) in [4.78, 5) is 3.94. The molecule has 0 radical (unpaired) electrons. The number of anilines is 1. The molecule has 0 aromatic carbocycles. The van der Waals surface area contributed by atoms with Gasteiger partial charge in [-0.3, -0.25) is 0 Å². The van der Waals surface area contributed by atoms with Crippen molar-refractivity contribution in [1.82, 2.24) is 4.98 Å². The summed E-state index contributed by atoms with van der Waals surface area (Å²) >= 11 is 5.63. The zero-order valence-electron chi connectivity index (χ0n) is 6.94. The van der Waals surface area contributed by atoms with E-state index in [0.717, 1.165) is 0 Å². The molecule has 0 aliphatic heterocycles. The Kier molecular flexibility index (Phi) is 3.95. The molecule has 3 N–H and O–H groups in total. The maximum absolute atomic E-state index is 9.02. The molecule has 0 amide bonds. The van der Waals surface area contributed by atoms with Crippen molar-refractivity contribution < 1.29 is 10.2 Å². The molecular weight excluding hydrogens is 192 g/mol. The van der Waals surface area contributed by atoms with E-state index >= 15 is 0 Å². The molecule has 4 nitrogen and oxygen atoms in total. The quantitative estimate of drug-likeness (QED) is 0.623. The predicted octanol–water partition coefficient (Wildman–Crippen LogP) is 0.500. The van der Waals surface area contributed by atoms with Crippen LogP contribution in [-0.4, -0.2) is 34.5 Å². The van der Waals surface area contributed by atoms with Gasteiger partial charge in [0.1, 0.15) is 11.0 Å². The first-order valence-electron chi connectivity index (χ1n) is 3.87. The summed E-state index contributed by atoms with van der Waals surface area (Å²) in [6, 6.07) is 5.15. The molecule has 1 rings (SSSR count). The van der Waals surface area contributed by atoms with Crippen molar-refractivity contribution in [2.24, 2.45) is 0 Å². The predicted molar refractivity (Wildman–Crippen MR) is 50.8 cm³/mol. The Labute approximate surface area is 81.2 Å². The summed E-state index contributed by atoms with van der Waals surface area (Å²) < 4.78 is 0. The molecule has 1 heterocycles. The molecule has 72 valence electrons. The fourth-order valence-corrected chi connectivity index (χ4v) is 0.957. The highest BCUT2D eigenvalue weighted by Gasteiger charge is 2.01. The number of pyridine rings is 1. The van der Waals surface area contributed by atoms with E-state index < -0.39 is 6.10 Å². The molecule has 1 unspecified atom stereocenters. The molecule has 0 aliphatic rings. The third-order valence-corrected chi connectivity index (χ3v) is 1.66. The Hall–Kier alpha value is -0.840. The number of aromatic nitrogens is 1. The molecule has 0 saturated carbocycles. The van der Waals surface area contributed by atoms with Gasteiger partial charge in [0.25, 0.3) is 0 Å². The minimum Gasteiger partial charge on any atom is -0.394 e. The van der Waals surface area contributed by atoms with E-state index in [1.54, 1.807) is 18.2 Å². The number of halogens is 1. The van der Waals surface area contributed by atoms with E-state index in [0.29, 0.717) is 11.0 Å². The second-order valence-corrected chi connectivity index (χ2v) is 2.95. The Balaban J connectivity index is 2.45. The number of hydrogen-bond acceptors (Lipinski definition) is 4. The second kappa shape index (κ2) is 5.01. The van der Waals surface area contributed by atoms with Crippen LogP contribution in [0, 0.1) is 0 Å². The third-order valence-electron chi connectivity index (χ3n) is 1.44. The van der Waals surface area contributed by atoms with Crippen LogP contribution in [-0.2, 0) is 0 Å². The maximum Gasteiger partial charge on any atom is 0.131 e. The summed E-state index contributed by atoms with van der Waals surface area (Å²) in [7, 11) is 0. The summed E-state index contributed by atoms with van der Waals surface area (Å²) in [5, 5.41) is 20.8. The summed E-state index contributed by atoms with van der Waals surface area (Å²) in [6.07, 6.45) is -0.777. The smallest absolute Gasteiger partial charge is 0.131 e. The van der Waals surface area contributed by atoms with E-state index in [9.17, 15) is 0 Å².